The molecule has 1 saturated heterocycles. The van der Waals surface area contributed by atoms with Crippen molar-refractivity contribution in [1.82, 2.24) is 0 Å². The van der Waals surface area contributed by atoms with Crippen molar-refractivity contribution in [2.45, 2.75) is 6.92 Å². The van der Waals surface area contributed by atoms with E-state index < -0.39 is 5.97 Å². The number of methoxy groups -OCH3 is 2. The van der Waals surface area contributed by atoms with Crippen molar-refractivity contribution in [3.63, 3.8) is 0 Å². The van der Waals surface area contributed by atoms with E-state index in [9.17, 15) is 9.59 Å². The zero-order valence-electron chi connectivity index (χ0n) is 16.1. The minimum Gasteiger partial charge on any atom is -0.493 e. The Balaban J connectivity index is 1.86. The highest BCUT2D eigenvalue weighted by Gasteiger charge is 2.33. The third kappa shape index (κ3) is 4.44. The Kier molecular flexibility index (Phi) is 6.56. The van der Waals surface area contributed by atoms with Gasteiger partial charge in [0.2, 0.25) is 0 Å². The molecule has 2 aromatic carbocycles. The zero-order chi connectivity index (χ0) is 21.0. The van der Waals surface area contributed by atoms with Gasteiger partial charge in [-0.1, -0.05) is 30.0 Å². The molecule has 0 saturated carbocycles. The number of thiocarbonyl (C=S) groups is 1. The van der Waals surface area contributed by atoms with Gasteiger partial charge >= 0.3 is 5.97 Å². The number of carbonyl (C=O) groups excluding carboxylic acids is 2. The molecule has 0 unspecified atom stereocenters. The van der Waals surface area contributed by atoms with Crippen molar-refractivity contribution in [3.05, 3.63) is 58.5 Å². The lowest BCUT2D eigenvalue weighted by Crippen LogP contribution is -2.27. The van der Waals surface area contributed by atoms with Crippen molar-refractivity contribution in [2.24, 2.45) is 0 Å². The summed E-state index contributed by atoms with van der Waals surface area (Å²) in [6, 6.07) is 12.0. The molecule has 3 rings (SSSR count). The van der Waals surface area contributed by atoms with Gasteiger partial charge in [-0.15, -0.1) is 0 Å². The Morgan fingerprint density at radius 3 is 2.48 bits per heavy atom. The van der Waals surface area contributed by atoms with Gasteiger partial charge in [0.15, 0.2) is 15.8 Å². The number of anilines is 1. The van der Waals surface area contributed by atoms with E-state index in [-0.39, 0.29) is 5.91 Å². The molecule has 0 aliphatic carbocycles. The average Bonchev–Trinajstić information content (AvgIpc) is 3.01. The maximum absolute atomic E-state index is 12.9. The van der Waals surface area contributed by atoms with Gasteiger partial charge in [0, 0.05) is 0 Å². The lowest BCUT2D eigenvalue weighted by molar-refractivity contribution is -0.113. The van der Waals surface area contributed by atoms with Gasteiger partial charge in [0.1, 0.15) is 0 Å². The van der Waals surface area contributed by atoms with Crippen LogP contribution in [0, 0.1) is 0 Å². The molecule has 0 N–H and O–H groups in total. The largest absolute Gasteiger partial charge is 0.493 e. The maximum atomic E-state index is 12.9. The van der Waals surface area contributed by atoms with Crippen molar-refractivity contribution >= 4 is 51.9 Å². The smallest absolute Gasteiger partial charge is 0.337 e. The second-order valence-electron chi connectivity index (χ2n) is 5.90. The third-order valence-corrected chi connectivity index (χ3v) is 5.43. The van der Waals surface area contributed by atoms with Crippen LogP contribution in [0.15, 0.2) is 47.4 Å². The Hall–Kier alpha value is -2.84. The van der Waals surface area contributed by atoms with Crippen LogP contribution in [0.2, 0.25) is 0 Å². The van der Waals surface area contributed by atoms with Gasteiger partial charge in [-0.2, -0.15) is 0 Å². The number of rotatable bonds is 6. The molecule has 29 heavy (non-hydrogen) atoms. The number of nitrogens with zero attached hydrogens (tertiary/aromatic N) is 1. The third-order valence-electron chi connectivity index (χ3n) is 4.13. The molecule has 0 bridgehead atoms. The quantitative estimate of drug-likeness (QED) is 0.386. The number of esters is 1. The zero-order valence-corrected chi connectivity index (χ0v) is 17.8. The maximum Gasteiger partial charge on any atom is 0.337 e. The van der Waals surface area contributed by atoms with E-state index in [0.717, 1.165) is 5.56 Å². The number of ether oxygens (including phenoxy) is 3. The van der Waals surface area contributed by atoms with Crippen molar-refractivity contribution in [2.75, 3.05) is 25.7 Å². The van der Waals surface area contributed by atoms with Crippen LogP contribution in [0.25, 0.3) is 6.08 Å². The normalized spacial score (nSPS) is 15.0. The monoisotopic (exact) mass is 429 g/mol. The van der Waals surface area contributed by atoms with Gasteiger partial charge in [-0.05, 0) is 55.0 Å². The molecule has 6 nitrogen and oxygen atoms in total. The van der Waals surface area contributed by atoms with E-state index >= 15 is 0 Å². The molecule has 0 atom stereocenters. The fraction of sp³-hybridized carbons (Fsp3) is 0.190. The lowest BCUT2D eigenvalue weighted by atomic mass is 10.1. The van der Waals surface area contributed by atoms with Crippen LogP contribution in [0.5, 0.6) is 11.5 Å². The van der Waals surface area contributed by atoms with E-state index in [2.05, 4.69) is 0 Å². The molecular weight excluding hydrogens is 410 g/mol. The Labute approximate surface area is 178 Å². The first kappa shape index (κ1) is 20.9. The van der Waals surface area contributed by atoms with Crippen LogP contribution < -0.4 is 14.4 Å². The molecular formula is C21H19NO5S2. The molecule has 1 amide bonds. The fourth-order valence-electron chi connectivity index (χ4n) is 2.75. The van der Waals surface area contributed by atoms with E-state index in [1.807, 2.05) is 19.1 Å². The summed E-state index contributed by atoms with van der Waals surface area (Å²) in [5.41, 5.74) is 1.79. The van der Waals surface area contributed by atoms with Crippen molar-refractivity contribution in [1.29, 1.82) is 0 Å². The Morgan fingerprint density at radius 1 is 1.14 bits per heavy atom. The molecule has 1 fully saturated rings. The second kappa shape index (κ2) is 9.11. The van der Waals surface area contributed by atoms with Crippen molar-refractivity contribution in [3.8, 4) is 11.5 Å². The van der Waals surface area contributed by atoms with Gasteiger partial charge in [-0.3, -0.25) is 9.69 Å². The first-order valence-electron chi connectivity index (χ1n) is 8.75. The van der Waals surface area contributed by atoms with Gasteiger partial charge in [0.25, 0.3) is 5.91 Å². The molecule has 2 aromatic rings. The molecule has 8 heteroatoms. The molecule has 0 radical (unpaired) electrons. The van der Waals surface area contributed by atoms with Crippen LogP contribution >= 0.6 is 24.0 Å². The van der Waals surface area contributed by atoms with Crippen molar-refractivity contribution < 1.29 is 23.8 Å². The lowest BCUT2D eigenvalue weighted by Gasteiger charge is -2.14. The van der Waals surface area contributed by atoms with E-state index in [0.29, 0.717) is 38.6 Å². The number of thioether (sulfide) groups is 1. The molecule has 1 aliphatic heterocycles. The standard InChI is InChI=1S/C21H19NO5S2/c1-4-27-16-10-5-13(11-17(16)25-2)12-18-19(23)22(21(28)29-18)15-8-6-14(7-9-15)20(24)26-3/h5-12H,4H2,1-3H3/b18-12-. The van der Waals surface area contributed by atoms with Crippen LogP contribution in [-0.4, -0.2) is 37.0 Å². The van der Waals surface area contributed by atoms with Crippen LogP contribution in [0.4, 0.5) is 5.69 Å². The Morgan fingerprint density at radius 2 is 1.86 bits per heavy atom. The van der Waals surface area contributed by atoms with Gasteiger partial charge in [0.05, 0.1) is 37.0 Å². The summed E-state index contributed by atoms with van der Waals surface area (Å²) in [4.78, 5) is 26.4. The number of carbonyl (C=O) groups is 2. The van der Waals surface area contributed by atoms with E-state index in [4.69, 9.17) is 26.4 Å². The molecule has 1 aliphatic rings. The van der Waals surface area contributed by atoms with Gasteiger partial charge < -0.3 is 14.2 Å². The number of hydrogen-bond acceptors (Lipinski definition) is 7. The summed E-state index contributed by atoms with van der Waals surface area (Å²) in [6.07, 6.45) is 1.76. The SMILES string of the molecule is CCOc1ccc(/C=C2\SC(=S)N(c3ccc(C(=O)OC)cc3)C2=O)cc1OC. The highest BCUT2D eigenvalue weighted by molar-refractivity contribution is 8.27. The van der Waals surface area contributed by atoms with Gasteiger partial charge in [-0.25, -0.2) is 4.79 Å². The molecule has 150 valence electrons. The minimum atomic E-state index is -0.439. The minimum absolute atomic E-state index is 0.223. The summed E-state index contributed by atoms with van der Waals surface area (Å²) in [7, 11) is 2.89. The van der Waals surface area contributed by atoms with E-state index in [1.165, 1.54) is 23.8 Å². The van der Waals surface area contributed by atoms with Crippen LogP contribution in [0.1, 0.15) is 22.8 Å². The number of amides is 1. The van der Waals surface area contributed by atoms with E-state index in [1.54, 1.807) is 43.5 Å². The fourth-order valence-corrected chi connectivity index (χ4v) is 4.05. The molecule has 1 heterocycles. The summed E-state index contributed by atoms with van der Waals surface area (Å²) in [6.45, 7) is 2.43. The first-order chi connectivity index (χ1) is 14.0. The summed E-state index contributed by atoms with van der Waals surface area (Å²) in [5, 5.41) is 0. The number of hydrogen-bond donors (Lipinski definition) is 0. The average molecular weight is 430 g/mol. The predicted molar refractivity (Wildman–Crippen MR) is 118 cm³/mol. The van der Waals surface area contributed by atoms with Crippen LogP contribution in [0.3, 0.4) is 0 Å². The number of benzene rings is 2. The second-order valence-corrected chi connectivity index (χ2v) is 7.57. The first-order valence-corrected chi connectivity index (χ1v) is 9.98. The summed E-state index contributed by atoms with van der Waals surface area (Å²) >= 11 is 6.61. The summed E-state index contributed by atoms with van der Waals surface area (Å²) in [5.74, 6) is 0.574. The predicted octanol–water partition coefficient (Wildman–Crippen LogP) is 4.29. The summed E-state index contributed by atoms with van der Waals surface area (Å²) < 4.78 is 16.0. The molecule has 0 spiro atoms. The van der Waals surface area contributed by atoms with Crippen LogP contribution in [-0.2, 0) is 9.53 Å². The Bertz CT molecular complexity index is 985. The molecule has 0 aromatic heterocycles. The highest BCUT2D eigenvalue weighted by atomic mass is 32.2. The highest BCUT2D eigenvalue weighted by Crippen LogP contribution is 2.37. The topological polar surface area (TPSA) is 65.1 Å².